The second-order valence-electron chi connectivity index (χ2n) is 8.70. The summed E-state index contributed by atoms with van der Waals surface area (Å²) in [6.45, 7) is 7.61. The van der Waals surface area contributed by atoms with E-state index in [2.05, 4.69) is 63.9 Å². The number of halogens is 1. The van der Waals surface area contributed by atoms with Crippen LogP contribution in [0.1, 0.15) is 34.5 Å². The molecule has 6 rings (SSSR count). The Labute approximate surface area is 205 Å². The van der Waals surface area contributed by atoms with Gasteiger partial charge in [-0.1, -0.05) is 15.9 Å². The van der Waals surface area contributed by atoms with Crippen molar-refractivity contribution in [3.63, 3.8) is 0 Å². The fraction of sp³-hybridized carbons (Fsp3) is 0.375. The van der Waals surface area contributed by atoms with Gasteiger partial charge in [-0.2, -0.15) is 9.97 Å². The largest absolute Gasteiger partial charge is 0.378 e. The SMILES string of the molecule is Cc1nc(C)nc(N2CCc3c([nH]c4ccc(Br)cc34)C2c2cnc(N3CCOCC3)nc2)n1. The smallest absolute Gasteiger partial charge is 0.229 e. The van der Waals surface area contributed by atoms with Crippen molar-refractivity contribution in [2.45, 2.75) is 26.3 Å². The third kappa shape index (κ3) is 3.80. The Hall–Kier alpha value is -3.11. The van der Waals surface area contributed by atoms with E-state index in [1.54, 1.807) is 0 Å². The predicted octanol–water partition coefficient (Wildman–Crippen LogP) is 3.51. The van der Waals surface area contributed by atoms with E-state index >= 15 is 0 Å². The second-order valence-corrected chi connectivity index (χ2v) is 9.61. The van der Waals surface area contributed by atoms with E-state index in [4.69, 9.17) is 14.7 Å². The van der Waals surface area contributed by atoms with E-state index in [1.807, 2.05) is 26.2 Å². The van der Waals surface area contributed by atoms with Crippen molar-refractivity contribution in [1.82, 2.24) is 29.9 Å². The van der Waals surface area contributed by atoms with Crippen LogP contribution in [0.15, 0.2) is 35.1 Å². The van der Waals surface area contributed by atoms with Gasteiger partial charge in [-0.3, -0.25) is 0 Å². The van der Waals surface area contributed by atoms with Gasteiger partial charge in [0.2, 0.25) is 11.9 Å². The number of anilines is 2. The number of nitrogens with zero attached hydrogens (tertiary/aromatic N) is 7. The predicted molar refractivity (Wildman–Crippen MR) is 133 cm³/mol. The number of morpholine rings is 1. The first-order valence-corrected chi connectivity index (χ1v) is 12.3. The van der Waals surface area contributed by atoms with Crippen molar-refractivity contribution in [2.75, 3.05) is 42.6 Å². The van der Waals surface area contributed by atoms with Crippen LogP contribution in [0.5, 0.6) is 0 Å². The van der Waals surface area contributed by atoms with Gasteiger partial charge in [-0.15, -0.1) is 0 Å². The molecule has 5 heterocycles. The topological polar surface area (TPSA) is 96.0 Å². The number of rotatable bonds is 3. The number of benzene rings is 1. The van der Waals surface area contributed by atoms with Gasteiger partial charge >= 0.3 is 0 Å². The lowest BCUT2D eigenvalue weighted by molar-refractivity contribution is 0.122. The zero-order valence-corrected chi connectivity index (χ0v) is 20.7. The van der Waals surface area contributed by atoms with E-state index in [-0.39, 0.29) is 6.04 Å². The summed E-state index contributed by atoms with van der Waals surface area (Å²) in [5.74, 6) is 2.85. The van der Waals surface area contributed by atoms with Gasteiger partial charge in [0.15, 0.2) is 0 Å². The minimum Gasteiger partial charge on any atom is -0.378 e. The maximum Gasteiger partial charge on any atom is 0.229 e. The number of aryl methyl sites for hydroxylation is 2. The number of H-pyrrole nitrogens is 1. The third-order valence-corrected chi connectivity index (χ3v) is 6.95. The lowest BCUT2D eigenvalue weighted by atomic mass is 9.94. The monoisotopic (exact) mass is 520 g/mol. The van der Waals surface area contributed by atoms with Crippen LogP contribution >= 0.6 is 15.9 Å². The molecule has 4 aromatic rings. The minimum atomic E-state index is -0.130. The highest BCUT2D eigenvalue weighted by Gasteiger charge is 2.34. The van der Waals surface area contributed by atoms with E-state index in [0.29, 0.717) is 30.8 Å². The van der Waals surface area contributed by atoms with Gasteiger partial charge in [0.05, 0.1) is 13.2 Å². The van der Waals surface area contributed by atoms with Crippen LogP contribution in [0.25, 0.3) is 10.9 Å². The number of nitrogens with one attached hydrogen (secondary N) is 1. The molecule has 174 valence electrons. The molecule has 2 aliphatic heterocycles. The molecular weight excluding hydrogens is 496 g/mol. The van der Waals surface area contributed by atoms with Crippen molar-refractivity contribution < 1.29 is 4.74 Å². The van der Waals surface area contributed by atoms with Crippen molar-refractivity contribution in [2.24, 2.45) is 0 Å². The first-order chi connectivity index (χ1) is 16.6. The molecule has 0 radical (unpaired) electrons. The van der Waals surface area contributed by atoms with Crippen molar-refractivity contribution in [3.8, 4) is 0 Å². The standard InChI is InChI=1S/C24H25BrN8O/c1-14-28-15(2)30-24(29-14)33-6-5-18-19-11-17(25)3-4-20(19)31-21(18)22(33)16-12-26-23(27-13-16)32-7-9-34-10-8-32/h3-4,11-13,22,31H,5-10H2,1-2H3. The van der Waals surface area contributed by atoms with Crippen LogP contribution in [-0.4, -0.2) is 62.8 Å². The molecule has 1 N–H and O–H groups in total. The highest BCUT2D eigenvalue weighted by molar-refractivity contribution is 9.10. The second kappa shape index (κ2) is 8.59. The molecule has 0 saturated carbocycles. The summed E-state index contributed by atoms with van der Waals surface area (Å²) in [5.41, 5.74) is 4.57. The summed E-state index contributed by atoms with van der Waals surface area (Å²) in [6, 6.07) is 6.24. The van der Waals surface area contributed by atoms with Crippen LogP contribution in [0.2, 0.25) is 0 Å². The zero-order chi connectivity index (χ0) is 23.2. The summed E-state index contributed by atoms with van der Waals surface area (Å²) in [6.07, 6.45) is 4.76. The van der Waals surface area contributed by atoms with Gasteiger partial charge in [0.1, 0.15) is 17.7 Å². The lowest BCUT2D eigenvalue weighted by Crippen LogP contribution is -2.39. The highest BCUT2D eigenvalue weighted by Crippen LogP contribution is 2.40. The van der Waals surface area contributed by atoms with Crippen molar-refractivity contribution in [3.05, 3.63) is 63.5 Å². The van der Waals surface area contributed by atoms with Crippen LogP contribution in [0, 0.1) is 13.8 Å². The summed E-state index contributed by atoms with van der Waals surface area (Å²) in [5, 5.41) is 1.24. The molecule has 2 aliphatic rings. The molecule has 0 amide bonds. The molecule has 1 aromatic carbocycles. The molecule has 1 unspecified atom stereocenters. The Bertz CT molecular complexity index is 1330. The van der Waals surface area contributed by atoms with Gasteiger partial charge in [0.25, 0.3) is 0 Å². The molecule has 1 fully saturated rings. The summed E-state index contributed by atoms with van der Waals surface area (Å²) in [7, 11) is 0. The van der Waals surface area contributed by atoms with E-state index in [9.17, 15) is 0 Å². The summed E-state index contributed by atoms with van der Waals surface area (Å²) < 4.78 is 6.54. The molecule has 0 aliphatic carbocycles. The first-order valence-electron chi connectivity index (χ1n) is 11.5. The Morgan fingerprint density at radius 3 is 2.44 bits per heavy atom. The number of fused-ring (bicyclic) bond motifs is 3. The number of aromatic nitrogens is 6. The molecule has 1 saturated heterocycles. The zero-order valence-electron chi connectivity index (χ0n) is 19.1. The number of aromatic amines is 1. The quantitative estimate of drug-likeness (QED) is 0.438. The molecule has 3 aromatic heterocycles. The molecular formula is C24H25BrN8O. The molecule has 0 bridgehead atoms. The van der Waals surface area contributed by atoms with E-state index in [0.717, 1.165) is 53.3 Å². The Morgan fingerprint density at radius 2 is 1.71 bits per heavy atom. The molecule has 0 spiro atoms. The normalized spacial score (nSPS) is 18.4. The fourth-order valence-electron chi connectivity index (χ4n) is 4.95. The van der Waals surface area contributed by atoms with E-state index < -0.39 is 0 Å². The van der Waals surface area contributed by atoms with Gasteiger partial charge < -0.3 is 19.5 Å². The van der Waals surface area contributed by atoms with E-state index in [1.165, 1.54) is 10.9 Å². The maximum absolute atomic E-state index is 5.47. The molecule has 1 atom stereocenters. The number of hydrogen-bond acceptors (Lipinski definition) is 8. The van der Waals surface area contributed by atoms with Crippen molar-refractivity contribution >= 4 is 38.7 Å². The first kappa shape index (κ1) is 21.4. The van der Waals surface area contributed by atoms with Crippen LogP contribution < -0.4 is 9.80 Å². The van der Waals surface area contributed by atoms with Gasteiger partial charge in [0, 0.05) is 58.7 Å². The molecule has 34 heavy (non-hydrogen) atoms. The Kier molecular flexibility index (Phi) is 5.41. The Balaban J connectivity index is 1.46. The maximum atomic E-state index is 5.47. The summed E-state index contributed by atoms with van der Waals surface area (Å²) in [4.78, 5) is 31.3. The third-order valence-electron chi connectivity index (χ3n) is 6.46. The average Bonchev–Trinajstić information content (AvgIpc) is 3.21. The van der Waals surface area contributed by atoms with Crippen LogP contribution in [0.3, 0.4) is 0 Å². The van der Waals surface area contributed by atoms with Crippen LogP contribution in [0.4, 0.5) is 11.9 Å². The fourth-order valence-corrected chi connectivity index (χ4v) is 5.31. The average molecular weight is 521 g/mol. The van der Waals surface area contributed by atoms with Crippen LogP contribution in [-0.2, 0) is 11.2 Å². The minimum absolute atomic E-state index is 0.130. The van der Waals surface area contributed by atoms with Gasteiger partial charge in [-0.25, -0.2) is 15.0 Å². The van der Waals surface area contributed by atoms with Gasteiger partial charge in [-0.05, 0) is 44.0 Å². The van der Waals surface area contributed by atoms with Crippen molar-refractivity contribution in [1.29, 1.82) is 0 Å². The summed E-state index contributed by atoms with van der Waals surface area (Å²) >= 11 is 3.63. The number of hydrogen-bond donors (Lipinski definition) is 1. The Morgan fingerprint density at radius 1 is 0.971 bits per heavy atom. The highest BCUT2D eigenvalue weighted by atomic mass is 79.9. The number of ether oxygens (including phenoxy) is 1. The molecule has 10 heteroatoms. The lowest BCUT2D eigenvalue weighted by Gasteiger charge is -2.36. The molecule has 9 nitrogen and oxygen atoms in total.